The smallest absolute Gasteiger partial charge is 0.314 e. The maximum Gasteiger partial charge on any atom is 0.314 e. The molecule has 16 heavy (non-hydrogen) atoms. The zero-order valence-electron chi connectivity index (χ0n) is 9.71. The molecular formula is C12H16ClNO2. The first-order chi connectivity index (χ1) is 7.54. The summed E-state index contributed by atoms with van der Waals surface area (Å²) in [6, 6.07) is 5.96. The molecule has 0 aromatic heterocycles. The Hall–Kier alpha value is -1.22. The first kappa shape index (κ1) is 12.8. The Balaban J connectivity index is 2.92. The van der Waals surface area contributed by atoms with E-state index in [1.165, 1.54) is 5.56 Å². The van der Waals surface area contributed by atoms with Gasteiger partial charge in [-0.2, -0.15) is 0 Å². The van der Waals surface area contributed by atoms with Gasteiger partial charge in [0, 0.05) is 12.1 Å². The van der Waals surface area contributed by atoms with Gasteiger partial charge in [-0.3, -0.25) is 4.79 Å². The van der Waals surface area contributed by atoms with Crippen molar-refractivity contribution in [2.45, 2.75) is 26.3 Å². The molecule has 0 fully saturated rings. The highest BCUT2D eigenvalue weighted by atomic mass is 35.5. The van der Waals surface area contributed by atoms with E-state index in [4.69, 9.17) is 16.3 Å². The van der Waals surface area contributed by atoms with Crippen LogP contribution in [0.25, 0.3) is 0 Å². The fraction of sp³-hybridized carbons (Fsp3) is 0.417. The fourth-order valence-corrected chi connectivity index (χ4v) is 1.53. The second-order valence-electron chi connectivity index (χ2n) is 3.85. The Bertz CT molecular complexity index is 377. The number of amides is 1. The van der Waals surface area contributed by atoms with E-state index in [2.05, 4.69) is 19.2 Å². The molecule has 1 aromatic rings. The van der Waals surface area contributed by atoms with Crippen LogP contribution in [0.1, 0.15) is 30.9 Å². The van der Waals surface area contributed by atoms with Crippen LogP contribution in [0.5, 0.6) is 5.75 Å². The summed E-state index contributed by atoms with van der Waals surface area (Å²) in [5, 5.41) is 1.99. The first-order valence-corrected chi connectivity index (χ1v) is 5.52. The van der Waals surface area contributed by atoms with Crippen molar-refractivity contribution in [1.29, 1.82) is 0 Å². The summed E-state index contributed by atoms with van der Waals surface area (Å²) in [6.07, 6.45) is 0. The molecule has 0 bridgehead atoms. The molecule has 0 aliphatic rings. The lowest BCUT2D eigenvalue weighted by molar-refractivity contribution is 0.259. The van der Waals surface area contributed by atoms with E-state index in [1.54, 1.807) is 7.11 Å². The highest BCUT2D eigenvalue weighted by Crippen LogP contribution is 2.24. The average Bonchev–Trinajstić information content (AvgIpc) is 2.25. The highest BCUT2D eigenvalue weighted by molar-refractivity contribution is 6.62. The van der Waals surface area contributed by atoms with Crippen molar-refractivity contribution >= 4 is 17.0 Å². The van der Waals surface area contributed by atoms with Crippen molar-refractivity contribution in [3.8, 4) is 5.75 Å². The molecule has 0 aliphatic heterocycles. The number of methoxy groups -OCH3 is 1. The molecule has 0 aliphatic carbocycles. The Kier molecular flexibility index (Phi) is 4.62. The quantitative estimate of drug-likeness (QED) is 0.649. The summed E-state index contributed by atoms with van der Waals surface area (Å²) in [5.41, 5.74) is 2.14. The summed E-state index contributed by atoms with van der Waals surface area (Å²) in [6.45, 7) is 4.61. The zero-order valence-corrected chi connectivity index (χ0v) is 10.5. The second kappa shape index (κ2) is 5.75. The summed E-state index contributed by atoms with van der Waals surface area (Å²) in [4.78, 5) is 10.6. The van der Waals surface area contributed by atoms with Gasteiger partial charge in [0.25, 0.3) is 0 Å². The Morgan fingerprint density at radius 1 is 1.50 bits per heavy atom. The van der Waals surface area contributed by atoms with Crippen molar-refractivity contribution in [2.24, 2.45) is 0 Å². The molecular weight excluding hydrogens is 226 g/mol. The molecule has 0 saturated heterocycles. The van der Waals surface area contributed by atoms with Crippen molar-refractivity contribution in [3.05, 3.63) is 29.3 Å². The second-order valence-corrected chi connectivity index (χ2v) is 4.20. The first-order valence-electron chi connectivity index (χ1n) is 5.14. The van der Waals surface area contributed by atoms with E-state index in [9.17, 15) is 4.79 Å². The van der Waals surface area contributed by atoms with Gasteiger partial charge in [0.15, 0.2) is 0 Å². The SMILES string of the molecule is COc1ccc(C(C)C)cc1CNC(=O)Cl. The summed E-state index contributed by atoms with van der Waals surface area (Å²) >= 11 is 5.23. The predicted molar refractivity (Wildman–Crippen MR) is 65.2 cm³/mol. The topological polar surface area (TPSA) is 38.3 Å². The molecule has 1 aromatic carbocycles. The van der Waals surface area contributed by atoms with Gasteiger partial charge in [-0.25, -0.2) is 0 Å². The molecule has 0 radical (unpaired) electrons. The molecule has 0 atom stereocenters. The molecule has 88 valence electrons. The standard InChI is InChI=1S/C12H16ClNO2/c1-8(2)9-4-5-11(16-3)10(6-9)7-14-12(13)15/h4-6,8H,7H2,1-3H3,(H,14,15). The summed E-state index contributed by atoms with van der Waals surface area (Å²) in [7, 11) is 1.61. The molecule has 0 unspecified atom stereocenters. The molecule has 1 amide bonds. The minimum absolute atomic E-state index is 0.381. The Morgan fingerprint density at radius 2 is 2.19 bits per heavy atom. The van der Waals surface area contributed by atoms with Crippen LogP contribution in [0.4, 0.5) is 4.79 Å². The third kappa shape index (κ3) is 3.42. The monoisotopic (exact) mass is 241 g/mol. The van der Waals surface area contributed by atoms with Crippen LogP contribution in [0.15, 0.2) is 18.2 Å². The number of nitrogens with one attached hydrogen (secondary N) is 1. The van der Waals surface area contributed by atoms with Gasteiger partial charge in [0.2, 0.25) is 0 Å². The number of benzene rings is 1. The van der Waals surface area contributed by atoms with Crippen LogP contribution >= 0.6 is 11.6 Å². The number of carbonyl (C=O) groups is 1. The molecule has 1 N–H and O–H groups in total. The number of halogens is 1. The van der Waals surface area contributed by atoms with E-state index in [1.807, 2.05) is 18.2 Å². The van der Waals surface area contributed by atoms with Gasteiger partial charge in [0.1, 0.15) is 5.75 Å². The minimum Gasteiger partial charge on any atom is -0.496 e. The maximum atomic E-state index is 10.6. The van der Waals surface area contributed by atoms with Crippen LogP contribution in [0.3, 0.4) is 0 Å². The third-order valence-corrected chi connectivity index (χ3v) is 2.52. The Morgan fingerprint density at radius 3 is 2.69 bits per heavy atom. The Labute approximate surface area is 101 Å². The van der Waals surface area contributed by atoms with Gasteiger partial charge < -0.3 is 10.1 Å². The lowest BCUT2D eigenvalue weighted by atomic mass is 10.0. The molecule has 4 heteroatoms. The van der Waals surface area contributed by atoms with Gasteiger partial charge in [-0.1, -0.05) is 26.0 Å². The van der Waals surface area contributed by atoms with E-state index < -0.39 is 5.37 Å². The fourth-order valence-electron chi connectivity index (χ4n) is 1.46. The molecule has 1 rings (SSSR count). The van der Waals surface area contributed by atoms with E-state index in [0.717, 1.165) is 11.3 Å². The van der Waals surface area contributed by atoms with E-state index in [0.29, 0.717) is 12.5 Å². The summed E-state index contributed by atoms with van der Waals surface area (Å²) < 4.78 is 5.22. The maximum absolute atomic E-state index is 10.6. The number of carbonyl (C=O) groups excluding carboxylic acids is 1. The zero-order chi connectivity index (χ0) is 12.1. The van der Waals surface area contributed by atoms with Gasteiger partial charge in [-0.05, 0) is 29.1 Å². The number of ether oxygens (including phenoxy) is 1. The number of hydrogen-bond acceptors (Lipinski definition) is 2. The number of hydrogen-bond donors (Lipinski definition) is 1. The molecule has 0 heterocycles. The van der Waals surface area contributed by atoms with Gasteiger partial charge in [-0.15, -0.1) is 0 Å². The van der Waals surface area contributed by atoms with Crippen molar-refractivity contribution < 1.29 is 9.53 Å². The third-order valence-electron chi connectivity index (χ3n) is 2.39. The molecule has 0 spiro atoms. The van der Waals surface area contributed by atoms with Crippen LogP contribution in [-0.4, -0.2) is 12.5 Å². The average molecular weight is 242 g/mol. The van der Waals surface area contributed by atoms with Gasteiger partial charge >= 0.3 is 5.37 Å². The van der Waals surface area contributed by atoms with E-state index >= 15 is 0 Å². The van der Waals surface area contributed by atoms with Crippen LogP contribution in [0, 0.1) is 0 Å². The van der Waals surface area contributed by atoms with Crippen molar-refractivity contribution in [3.63, 3.8) is 0 Å². The molecule has 0 saturated carbocycles. The van der Waals surface area contributed by atoms with Crippen LogP contribution in [-0.2, 0) is 6.54 Å². The van der Waals surface area contributed by atoms with Crippen molar-refractivity contribution in [2.75, 3.05) is 7.11 Å². The lowest BCUT2D eigenvalue weighted by Gasteiger charge is -2.12. The summed E-state index contributed by atoms with van der Waals surface area (Å²) in [5.74, 6) is 1.20. The molecule has 3 nitrogen and oxygen atoms in total. The van der Waals surface area contributed by atoms with Crippen LogP contribution in [0.2, 0.25) is 0 Å². The largest absolute Gasteiger partial charge is 0.496 e. The lowest BCUT2D eigenvalue weighted by Crippen LogP contribution is -2.16. The van der Waals surface area contributed by atoms with Crippen LogP contribution < -0.4 is 10.1 Å². The minimum atomic E-state index is -0.558. The normalized spacial score (nSPS) is 10.3. The van der Waals surface area contributed by atoms with Crippen molar-refractivity contribution in [1.82, 2.24) is 5.32 Å². The number of rotatable bonds is 4. The highest BCUT2D eigenvalue weighted by Gasteiger charge is 2.07. The van der Waals surface area contributed by atoms with Gasteiger partial charge in [0.05, 0.1) is 7.11 Å². The predicted octanol–water partition coefficient (Wildman–Crippen LogP) is 3.27. The van der Waals surface area contributed by atoms with E-state index in [-0.39, 0.29) is 0 Å².